The first kappa shape index (κ1) is 16.3. The number of piperidine rings is 1. The standard InChI is InChI=1S/C19H33NO2/c1-14-6-10-20(11-7-14)12-8-17(21)22-16-13-15-5-9-19(16,4)18(15,2)3/h14-16H,5-13H2,1-4H3/t15-,16+,19+/m0/s1. The third kappa shape index (κ3) is 2.70. The molecule has 1 aliphatic heterocycles. The van der Waals surface area contributed by atoms with Crippen LogP contribution in [0.5, 0.6) is 0 Å². The number of carbonyl (C=O) groups excluding carboxylic acids is 1. The fourth-order valence-corrected chi connectivity index (χ4v) is 5.06. The van der Waals surface area contributed by atoms with Gasteiger partial charge in [-0.1, -0.05) is 27.7 Å². The van der Waals surface area contributed by atoms with Gasteiger partial charge in [0.25, 0.3) is 0 Å². The lowest BCUT2D eigenvalue weighted by atomic mass is 9.70. The molecule has 3 rings (SSSR count). The van der Waals surface area contributed by atoms with E-state index in [1.807, 2.05) is 0 Å². The molecular weight excluding hydrogens is 274 g/mol. The van der Waals surface area contributed by atoms with Crippen LogP contribution in [0.1, 0.15) is 66.2 Å². The minimum absolute atomic E-state index is 0.0215. The van der Waals surface area contributed by atoms with Gasteiger partial charge in [-0.25, -0.2) is 0 Å². The Bertz CT molecular complexity index is 425. The van der Waals surface area contributed by atoms with E-state index in [0.717, 1.165) is 37.9 Å². The number of carbonyl (C=O) groups is 1. The SMILES string of the molecule is CC1CCN(CCC(=O)O[C@@H]2C[C@@H]3CC[C@@]2(C)C3(C)C)CC1. The van der Waals surface area contributed by atoms with Crippen molar-refractivity contribution in [2.45, 2.75) is 72.3 Å². The van der Waals surface area contributed by atoms with Crippen molar-refractivity contribution >= 4 is 5.97 Å². The maximum absolute atomic E-state index is 12.3. The second-order valence-corrected chi connectivity index (χ2v) is 8.86. The van der Waals surface area contributed by atoms with E-state index < -0.39 is 0 Å². The highest BCUT2D eigenvalue weighted by molar-refractivity contribution is 5.70. The topological polar surface area (TPSA) is 29.5 Å². The van der Waals surface area contributed by atoms with Gasteiger partial charge in [-0.3, -0.25) is 4.79 Å². The molecule has 2 saturated carbocycles. The zero-order chi connectivity index (χ0) is 16.0. The Morgan fingerprint density at radius 2 is 1.86 bits per heavy atom. The summed E-state index contributed by atoms with van der Waals surface area (Å²) in [4.78, 5) is 14.7. The number of nitrogens with zero attached hydrogens (tertiary/aromatic N) is 1. The lowest BCUT2D eigenvalue weighted by Gasteiger charge is -2.38. The lowest BCUT2D eigenvalue weighted by Crippen LogP contribution is -2.39. The third-order valence-electron chi connectivity index (χ3n) is 7.50. The number of rotatable bonds is 4. The first-order chi connectivity index (χ1) is 10.3. The van der Waals surface area contributed by atoms with Crippen molar-refractivity contribution in [3.05, 3.63) is 0 Å². The first-order valence-corrected chi connectivity index (χ1v) is 9.25. The van der Waals surface area contributed by atoms with Gasteiger partial charge in [-0.15, -0.1) is 0 Å². The van der Waals surface area contributed by atoms with E-state index in [2.05, 4.69) is 32.6 Å². The zero-order valence-electron chi connectivity index (χ0n) is 14.9. The van der Waals surface area contributed by atoms with E-state index in [0.29, 0.717) is 11.8 Å². The number of likely N-dealkylation sites (tertiary alicyclic amines) is 1. The van der Waals surface area contributed by atoms with Crippen molar-refractivity contribution in [1.82, 2.24) is 4.90 Å². The van der Waals surface area contributed by atoms with Gasteiger partial charge in [0.2, 0.25) is 0 Å². The summed E-state index contributed by atoms with van der Waals surface area (Å²) in [6.45, 7) is 12.6. The minimum Gasteiger partial charge on any atom is -0.462 e. The summed E-state index contributed by atoms with van der Waals surface area (Å²) in [6.07, 6.45) is 6.85. The molecule has 0 aromatic carbocycles. The smallest absolute Gasteiger partial charge is 0.307 e. The van der Waals surface area contributed by atoms with Gasteiger partial charge >= 0.3 is 5.97 Å². The molecule has 2 aliphatic carbocycles. The highest BCUT2D eigenvalue weighted by Gasteiger charge is 2.62. The minimum atomic E-state index is 0.0215. The quantitative estimate of drug-likeness (QED) is 0.739. The fourth-order valence-electron chi connectivity index (χ4n) is 5.06. The van der Waals surface area contributed by atoms with Crippen LogP contribution in [0.15, 0.2) is 0 Å². The van der Waals surface area contributed by atoms with Gasteiger partial charge in [0, 0.05) is 12.0 Å². The van der Waals surface area contributed by atoms with Crippen molar-refractivity contribution in [3.63, 3.8) is 0 Å². The summed E-state index contributed by atoms with van der Waals surface area (Å²) in [5, 5.41) is 0. The van der Waals surface area contributed by atoms with E-state index >= 15 is 0 Å². The van der Waals surface area contributed by atoms with Crippen molar-refractivity contribution < 1.29 is 9.53 Å². The molecule has 0 amide bonds. The average molecular weight is 307 g/mol. The Hall–Kier alpha value is -0.570. The summed E-state index contributed by atoms with van der Waals surface area (Å²) in [5.74, 6) is 1.60. The highest BCUT2D eigenvalue weighted by atomic mass is 16.5. The molecule has 22 heavy (non-hydrogen) atoms. The Morgan fingerprint density at radius 1 is 1.18 bits per heavy atom. The number of fused-ring (bicyclic) bond motifs is 2. The predicted molar refractivity (Wildman–Crippen MR) is 88.6 cm³/mol. The van der Waals surface area contributed by atoms with E-state index in [4.69, 9.17) is 4.74 Å². The van der Waals surface area contributed by atoms with Crippen LogP contribution in [0.25, 0.3) is 0 Å². The van der Waals surface area contributed by atoms with Gasteiger partial charge in [0.05, 0.1) is 6.42 Å². The van der Waals surface area contributed by atoms with Crippen molar-refractivity contribution in [2.24, 2.45) is 22.7 Å². The third-order valence-corrected chi connectivity index (χ3v) is 7.50. The van der Waals surface area contributed by atoms with Gasteiger partial charge in [0.15, 0.2) is 0 Å². The predicted octanol–water partition coefficient (Wildman–Crippen LogP) is 3.87. The summed E-state index contributed by atoms with van der Waals surface area (Å²) < 4.78 is 5.93. The Morgan fingerprint density at radius 3 is 2.41 bits per heavy atom. The van der Waals surface area contributed by atoms with E-state index in [1.165, 1.54) is 25.7 Å². The van der Waals surface area contributed by atoms with Crippen LogP contribution in [0, 0.1) is 22.7 Å². The van der Waals surface area contributed by atoms with Crippen LogP contribution in [-0.2, 0) is 9.53 Å². The molecule has 3 aliphatic rings. The first-order valence-electron chi connectivity index (χ1n) is 9.25. The van der Waals surface area contributed by atoms with Crippen LogP contribution in [0.3, 0.4) is 0 Å². The van der Waals surface area contributed by atoms with Crippen LogP contribution in [0.4, 0.5) is 0 Å². The second kappa shape index (κ2) is 5.81. The maximum Gasteiger partial charge on any atom is 0.307 e. The van der Waals surface area contributed by atoms with E-state index in [9.17, 15) is 4.79 Å². The molecule has 1 heterocycles. The Kier molecular flexibility index (Phi) is 4.30. The number of hydrogen-bond acceptors (Lipinski definition) is 3. The summed E-state index contributed by atoms with van der Waals surface area (Å²) in [6, 6.07) is 0. The Labute approximate surface area is 135 Å². The van der Waals surface area contributed by atoms with Crippen molar-refractivity contribution in [3.8, 4) is 0 Å². The van der Waals surface area contributed by atoms with Crippen molar-refractivity contribution in [1.29, 1.82) is 0 Å². The monoisotopic (exact) mass is 307 g/mol. The fraction of sp³-hybridized carbons (Fsp3) is 0.947. The van der Waals surface area contributed by atoms with Gasteiger partial charge < -0.3 is 9.64 Å². The summed E-state index contributed by atoms with van der Waals surface area (Å²) in [5.41, 5.74) is 0.509. The molecule has 0 aromatic rings. The average Bonchev–Trinajstić information content (AvgIpc) is 2.80. The molecule has 3 fully saturated rings. The van der Waals surface area contributed by atoms with Crippen LogP contribution in [-0.4, -0.2) is 36.6 Å². The summed E-state index contributed by atoms with van der Waals surface area (Å²) in [7, 11) is 0. The normalized spacial score (nSPS) is 38.4. The molecule has 3 atom stereocenters. The molecular formula is C19H33NO2. The molecule has 3 nitrogen and oxygen atoms in total. The molecule has 0 N–H and O–H groups in total. The number of esters is 1. The molecule has 126 valence electrons. The van der Waals surface area contributed by atoms with E-state index in [1.54, 1.807) is 0 Å². The molecule has 0 unspecified atom stereocenters. The van der Waals surface area contributed by atoms with Crippen LogP contribution >= 0.6 is 0 Å². The molecule has 0 spiro atoms. The van der Waals surface area contributed by atoms with Crippen molar-refractivity contribution in [2.75, 3.05) is 19.6 Å². The van der Waals surface area contributed by atoms with Crippen LogP contribution < -0.4 is 0 Å². The molecule has 1 saturated heterocycles. The van der Waals surface area contributed by atoms with Gasteiger partial charge in [-0.05, 0) is 62.4 Å². The molecule has 0 aromatic heterocycles. The molecule has 0 radical (unpaired) electrons. The number of ether oxygens (including phenoxy) is 1. The maximum atomic E-state index is 12.3. The van der Waals surface area contributed by atoms with Crippen LogP contribution in [0.2, 0.25) is 0 Å². The van der Waals surface area contributed by atoms with Gasteiger partial charge in [-0.2, -0.15) is 0 Å². The zero-order valence-corrected chi connectivity index (χ0v) is 14.9. The second-order valence-electron chi connectivity index (χ2n) is 8.86. The van der Waals surface area contributed by atoms with Gasteiger partial charge in [0.1, 0.15) is 6.10 Å². The highest BCUT2D eigenvalue weighted by Crippen LogP contribution is 2.66. The largest absolute Gasteiger partial charge is 0.462 e. The lowest BCUT2D eigenvalue weighted by molar-refractivity contribution is -0.157. The number of hydrogen-bond donors (Lipinski definition) is 0. The molecule has 3 heteroatoms. The Balaban J connectivity index is 1.47. The molecule has 2 bridgehead atoms. The summed E-state index contributed by atoms with van der Waals surface area (Å²) >= 11 is 0. The van der Waals surface area contributed by atoms with E-state index in [-0.39, 0.29) is 17.5 Å².